The first-order chi connectivity index (χ1) is 14.8. The van der Waals surface area contributed by atoms with Crippen LogP contribution in [0.15, 0.2) is 52.3 Å². The van der Waals surface area contributed by atoms with Crippen molar-refractivity contribution < 1.29 is 12.8 Å². The van der Waals surface area contributed by atoms with E-state index in [1.807, 2.05) is 4.90 Å². The lowest BCUT2D eigenvalue weighted by atomic mass is 10.1. The van der Waals surface area contributed by atoms with Gasteiger partial charge in [-0.3, -0.25) is 0 Å². The molecular weight excluding hydrogens is 421 g/mol. The molecule has 0 N–H and O–H groups in total. The van der Waals surface area contributed by atoms with Crippen molar-refractivity contribution in [3.8, 4) is 0 Å². The zero-order valence-corrected chi connectivity index (χ0v) is 18.4. The highest BCUT2D eigenvalue weighted by Crippen LogP contribution is 2.23. The minimum Gasteiger partial charge on any atom is -0.369 e. The average Bonchev–Trinajstić information content (AvgIpc) is 3.08. The molecule has 8 nitrogen and oxygen atoms in total. The van der Waals surface area contributed by atoms with Crippen molar-refractivity contribution in [2.45, 2.75) is 31.7 Å². The van der Waals surface area contributed by atoms with Gasteiger partial charge in [0.1, 0.15) is 10.7 Å². The van der Waals surface area contributed by atoms with Gasteiger partial charge in [-0.05, 0) is 48.7 Å². The first-order valence-corrected chi connectivity index (χ1v) is 11.8. The second-order valence-electron chi connectivity index (χ2n) is 8.12. The zero-order chi connectivity index (χ0) is 22.2. The number of aryl methyl sites for hydroxylation is 1. The molecule has 0 radical (unpaired) electrons. The molecule has 31 heavy (non-hydrogen) atoms. The summed E-state index contributed by atoms with van der Waals surface area (Å²) in [6.07, 6.45) is 2.32. The summed E-state index contributed by atoms with van der Waals surface area (Å²) in [4.78, 5) is 14.7. The van der Waals surface area contributed by atoms with E-state index < -0.39 is 10.0 Å². The van der Waals surface area contributed by atoms with E-state index in [0.29, 0.717) is 38.6 Å². The summed E-state index contributed by atoms with van der Waals surface area (Å²) in [7, 11) is -3.82. The van der Waals surface area contributed by atoms with Crippen LogP contribution in [0.3, 0.4) is 0 Å². The van der Waals surface area contributed by atoms with E-state index in [-0.39, 0.29) is 22.0 Å². The molecule has 1 saturated heterocycles. The molecule has 0 saturated carbocycles. The van der Waals surface area contributed by atoms with Crippen LogP contribution in [0.4, 0.5) is 10.1 Å². The maximum atomic E-state index is 13.4. The van der Waals surface area contributed by atoms with E-state index in [1.54, 1.807) is 24.4 Å². The second-order valence-corrected chi connectivity index (χ2v) is 10.0. The van der Waals surface area contributed by atoms with Crippen LogP contribution in [-0.2, 0) is 16.6 Å². The zero-order valence-electron chi connectivity index (χ0n) is 17.6. The third kappa shape index (κ3) is 4.22. The highest BCUT2D eigenvalue weighted by Gasteiger charge is 2.31. The maximum Gasteiger partial charge on any atom is 0.350 e. The predicted molar refractivity (Wildman–Crippen MR) is 116 cm³/mol. The summed E-state index contributed by atoms with van der Waals surface area (Å²) in [5, 5.41) is 4.33. The van der Waals surface area contributed by atoms with Gasteiger partial charge in [0.15, 0.2) is 5.65 Å². The van der Waals surface area contributed by atoms with Crippen molar-refractivity contribution in [2.75, 3.05) is 31.1 Å². The number of benzene rings is 1. The van der Waals surface area contributed by atoms with E-state index >= 15 is 0 Å². The Morgan fingerprint density at radius 3 is 2.39 bits per heavy atom. The molecule has 1 fully saturated rings. The van der Waals surface area contributed by atoms with Crippen LogP contribution >= 0.6 is 0 Å². The lowest BCUT2D eigenvalue weighted by Crippen LogP contribution is -2.48. The molecule has 0 unspecified atom stereocenters. The summed E-state index contributed by atoms with van der Waals surface area (Å²) in [6, 6.07) is 9.23. The molecule has 0 amide bonds. The Balaban J connectivity index is 1.58. The van der Waals surface area contributed by atoms with E-state index in [0.717, 1.165) is 12.1 Å². The number of hydrogen-bond donors (Lipinski definition) is 0. The summed E-state index contributed by atoms with van der Waals surface area (Å²) in [5.41, 5.74) is 0.669. The van der Waals surface area contributed by atoms with Crippen LogP contribution in [0.2, 0.25) is 0 Å². The number of nitrogens with zero attached hydrogens (tertiary/aromatic N) is 5. The smallest absolute Gasteiger partial charge is 0.350 e. The summed E-state index contributed by atoms with van der Waals surface area (Å²) < 4.78 is 43.9. The van der Waals surface area contributed by atoms with Crippen molar-refractivity contribution in [1.82, 2.24) is 18.5 Å². The van der Waals surface area contributed by atoms with Gasteiger partial charge in [-0.1, -0.05) is 13.8 Å². The number of pyridine rings is 1. The van der Waals surface area contributed by atoms with Gasteiger partial charge < -0.3 is 4.90 Å². The number of anilines is 1. The molecule has 0 spiro atoms. The van der Waals surface area contributed by atoms with Gasteiger partial charge in [0.25, 0.3) is 0 Å². The van der Waals surface area contributed by atoms with Gasteiger partial charge in [-0.25, -0.2) is 26.7 Å². The summed E-state index contributed by atoms with van der Waals surface area (Å²) in [6.45, 7) is 6.12. The number of halogens is 1. The Kier molecular flexibility index (Phi) is 5.85. The number of rotatable bonds is 6. The van der Waals surface area contributed by atoms with E-state index in [4.69, 9.17) is 0 Å². The quantitative estimate of drug-likeness (QED) is 0.579. The normalized spacial score (nSPS) is 15.8. The molecule has 4 rings (SSSR count). The lowest BCUT2D eigenvalue weighted by Gasteiger charge is -2.35. The van der Waals surface area contributed by atoms with Crippen molar-refractivity contribution >= 4 is 21.4 Å². The van der Waals surface area contributed by atoms with Crippen LogP contribution in [0.25, 0.3) is 5.65 Å². The number of piperazine rings is 1. The molecule has 3 aromatic rings. The Labute approximate surface area is 180 Å². The van der Waals surface area contributed by atoms with Crippen molar-refractivity contribution in [3.63, 3.8) is 0 Å². The fourth-order valence-corrected chi connectivity index (χ4v) is 5.26. The molecule has 0 bridgehead atoms. The minimum absolute atomic E-state index is 0.0330. The van der Waals surface area contributed by atoms with Gasteiger partial charge in [0, 0.05) is 44.6 Å². The van der Waals surface area contributed by atoms with Crippen LogP contribution in [0.5, 0.6) is 0 Å². The van der Waals surface area contributed by atoms with Crippen LogP contribution in [0.1, 0.15) is 20.3 Å². The average molecular weight is 448 g/mol. The number of fused-ring (bicyclic) bond motifs is 1. The van der Waals surface area contributed by atoms with Gasteiger partial charge in [0.05, 0.1) is 0 Å². The van der Waals surface area contributed by atoms with Crippen molar-refractivity contribution in [1.29, 1.82) is 0 Å². The van der Waals surface area contributed by atoms with E-state index in [1.165, 1.54) is 31.6 Å². The van der Waals surface area contributed by atoms with E-state index in [2.05, 4.69) is 18.9 Å². The minimum atomic E-state index is -3.82. The third-order valence-electron chi connectivity index (χ3n) is 5.54. The monoisotopic (exact) mass is 447 g/mol. The second kappa shape index (κ2) is 8.43. The highest BCUT2D eigenvalue weighted by molar-refractivity contribution is 7.89. The maximum absolute atomic E-state index is 13.4. The fourth-order valence-electron chi connectivity index (χ4n) is 3.72. The molecular formula is C21H26FN5O3S. The van der Waals surface area contributed by atoms with Crippen LogP contribution in [-0.4, -0.2) is 53.1 Å². The molecule has 10 heteroatoms. The highest BCUT2D eigenvalue weighted by atomic mass is 32.2. The number of hydrogen-bond acceptors (Lipinski definition) is 5. The summed E-state index contributed by atoms with van der Waals surface area (Å²) in [5.74, 6) is 0.0958. The number of sulfonamides is 1. The molecule has 1 aliphatic rings. The Morgan fingerprint density at radius 1 is 1.06 bits per heavy atom. The molecule has 1 aromatic carbocycles. The Hall–Kier alpha value is -2.72. The predicted octanol–water partition coefficient (Wildman–Crippen LogP) is 2.19. The van der Waals surface area contributed by atoms with E-state index in [9.17, 15) is 17.6 Å². The Morgan fingerprint density at radius 2 is 1.74 bits per heavy atom. The number of aromatic nitrogens is 3. The first kappa shape index (κ1) is 21.5. The third-order valence-corrected chi connectivity index (χ3v) is 7.46. The van der Waals surface area contributed by atoms with Crippen LogP contribution in [0, 0.1) is 11.7 Å². The summed E-state index contributed by atoms with van der Waals surface area (Å²) >= 11 is 0. The molecule has 2 aromatic heterocycles. The largest absolute Gasteiger partial charge is 0.369 e. The molecule has 0 atom stereocenters. The van der Waals surface area contributed by atoms with Gasteiger partial charge >= 0.3 is 5.69 Å². The van der Waals surface area contributed by atoms with Crippen LogP contribution < -0.4 is 10.6 Å². The van der Waals surface area contributed by atoms with Gasteiger partial charge in [-0.15, -0.1) is 5.10 Å². The molecule has 3 heterocycles. The van der Waals surface area contributed by atoms with Crippen molar-refractivity contribution in [2.24, 2.45) is 5.92 Å². The van der Waals surface area contributed by atoms with Gasteiger partial charge in [-0.2, -0.15) is 4.31 Å². The fraction of sp³-hybridized carbons (Fsp3) is 0.429. The Bertz CT molecular complexity index is 1230. The molecule has 166 valence electrons. The molecule has 0 aliphatic carbocycles. The first-order valence-electron chi connectivity index (χ1n) is 10.4. The van der Waals surface area contributed by atoms with Crippen molar-refractivity contribution in [3.05, 3.63) is 58.9 Å². The topological polar surface area (TPSA) is 79.9 Å². The molecule has 1 aliphatic heterocycles. The SMILES string of the molecule is CC(C)CCn1nc2c(S(=O)(=O)N3CCN(c4ccc(F)cc4)CC3)cccn2c1=O. The lowest BCUT2D eigenvalue weighted by molar-refractivity contribution is 0.385. The standard InChI is InChI=1S/C21H26FN5O3S/c1-16(2)9-11-27-21(28)26-10-3-4-19(20(26)23-27)31(29,30)25-14-12-24(13-15-25)18-7-5-17(22)6-8-18/h3-8,10,16H,9,11-15H2,1-2H3. The van der Waals surface area contributed by atoms with Gasteiger partial charge in [0.2, 0.25) is 10.0 Å².